The van der Waals surface area contributed by atoms with Gasteiger partial charge >= 0.3 is 5.97 Å². The van der Waals surface area contributed by atoms with Crippen LogP contribution in [-0.4, -0.2) is 116 Å². The second-order valence-electron chi connectivity index (χ2n) is 11.0. The van der Waals surface area contributed by atoms with Crippen molar-refractivity contribution in [2.45, 2.75) is 158 Å². The maximum atomic E-state index is 12.6. The van der Waals surface area contributed by atoms with Crippen LogP contribution in [0.4, 0.5) is 0 Å². The second-order valence-corrected chi connectivity index (χ2v) is 11.0. The zero-order chi connectivity index (χ0) is 29.5. The lowest BCUT2D eigenvalue weighted by Crippen LogP contribution is -2.65. The van der Waals surface area contributed by atoms with Crippen LogP contribution < -0.4 is 0 Å². The number of hydrogen-bond acceptors (Lipinski definition) is 12. The van der Waals surface area contributed by atoms with Crippen LogP contribution in [0.25, 0.3) is 0 Å². The Morgan fingerprint density at radius 3 is 1.65 bits per heavy atom. The summed E-state index contributed by atoms with van der Waals surface area (Å²) in [4.78, 5) is 12.6. The highest BCUT2D eigenvalue weighted by Crippen LogP contribution is 2.30. The van der Waals surface area contributed by atoms with E-state index < -0.39 is 80.6 Å². The van der Waals surface area contributed by atoms with Gasteiger partial charge in [0.15, 0.2) is 18.7 Å². The molecule has 0 aromatic rings. The Morgan fingerprint density at radius 2 is 1.12 bits per heavy atom. The van der Waals surface area contributed by atoms with Gasteiger partial charge in [-0.25, -0.2) is 0 Å². The molecule has 12 nitrogen and oxygen atoms in total. The lowest BCUT2D eigenvalue weighted by molar-refractivity contribution is -0.355. The van der Waals surface area contributed by atoms with Crippen molar-refractivity contribution >= 4 is 5.97 Å². The van der Waals surface area contributed by atoms with Crippen LogP contribution in [0.5, 0.6) is 0 Å². The fourth-order valence-electron chi connectivity index (χ4n) is 5.18. The van der Waals surface area contributed by atoms with Gasteiger partial charge in [0.25, 0.3) is 0 Å². The molecule has 2 fully saturated rings. The van der Waals surface area contributed by atoms with E-state index in [-0.39, 0.29) is 6.42 Å². The summed E-state index contributed by atoms with van der Waals surface area (Å²) in [7, 11) is 0. The minimum absolute atomic E-state index is 0.0760. The average Bonchev–Trinajstić information content (AvgIpc) is 2.94. The molecule has 236 valence electrons. The molecule has 10 atom stereocenters. The summed E-state index contributed by atoms with van der Waals surface area (Å²) in [6, 6.07) is 0. The molecule has 2 heterocycles. The number of carbonyl (C=O) groups excluding carboxylic acids is 1. The Bertz CT molecular complexity index is 680. The first-order valence-corrected chi connectivity index (χ1v) is 15.0. The van der Waals surface area contributed by atoms with Crippen LogP contribution in [0.3, 0.4) is 0 Å². The van der Waals surface area contributed by atoms with Crippen molar-refractivity contribution < 1.29 is 59.5 Å². The standard InChI is InChI=1S/C28H52O12/c1-2-3-4-5-6-7-8-9-10-11-12-13-14-15-20(31)39-26-22(33)21(32)18(16-29)38-28(26)40-25-19(17-30)37-27(36)24(35)23(25)34/h18-19,21-30,32-36H,2-17H2,1H3/t18-,19-,21+,22+,23-,24-,25-,26-,27-,28+/m1/s1. The number of aliphatic hydroxyl groups is 7. The third kappa shape index (κ3) is 11.0. The molecule has 0 radical (unpaired) electrons. The third-order valence-corrected chi connectivity index (χ3v) is 7.71. The van der Waals surface area contributed by atoms with Crippen LogP contribution in [-0.2, 0) is 23.7 Å². The van der Waals surface area contributed by atoms with Gasteiger partial charge in [0.1, 0.15) is 42.7 Å². The number of carbonyl (C=O) groups is 1. The van der Waals surface area contributed by atoms with E-state index in [0.29, 0.717) is 6.42 Å². The summed E-state index contributed by atoms with van der Waals surface area (Å²) in [6.07, 6.45) is -0.537. The van der Waals surface area contributed by atoms with Crippen molar-refractivity contribution in [2.75, 3.05) is 13.2 Å². The number of esters is 1. The first-order chi connectivity index (χ1) is 19.2. The molecule has 0 saturated carbocycles. The summed E-state index contributed by atoms with van der Waals surface area (Å²) in [6.45, 7) is 0.835. The van der Waals surface area contributed by atoms with Gasteiger partial charge < -0.3 is 54.7 Å². The molecule has 0 aromatic carbocycles. The summed E-state index contributed by atoms with van der Waals surface area (Å²) in [5.74, 6) is -0.645. The van der Waals surface area contributed by atoms with Gasteiger partial charge in [-0.05, 0) is 6.42 Å². The minimum atomic E-state index is -1.77. The lowest BCUT2D eigenvalue weighted by atomic mass is 9.97. The van der Waals surface area contributed by atoms with Crippen molar-refractivity contribution in [1.29, 1.82) is 0 Å². The highest BCUT2D eigenvalue weighted by atomic mass is 16.7. The maximum Gasteiger partial charge on any atom is 0.306 e. The minimum Gasteiger partial charge on any atom is -0.454 e. The third-order valence-electron chi connectivity index (χ3n) is 7.71. The van der Waals surface area contributed by atoms with Gasteiger partial charge in [-0.15, -0.1) is 0 Å². The largest absolute Gasteiger partial charge is 0.454 e. The van der Waals surface area contributed by atoms with E-state index in [4.69, 9.17) is 18.9 Å². The molecule has 0 amide bonds. The number of ether oxygens (including phenoxy) is 4. The van der Waals surface area contributed by atoms with E-state index in [1.165, 1.54) is 57.8 Å². The highest BCUT2D eigenvalue weighted by molar-refractivity contribution is 5.69. The van der Waals surface area contributed by atoms with Crippen molar-refractivity contribution in [2.24, 2.45) is 0 Å². The monoisotopic (exact) mass is 580 g/mol. The van der Waals surface area contributed by atoms with Gasteiger partial charge in [0.05, 0.1) is 13.2 Å². The van der Waals surface area contributed by atoms with Crippen LogP contribution in [0.2, 0.25) is 0 Å². The van der Waals surface area contributed by atoms with E-state index >= 15 is 0 Å². The zero-order valence-electron chi connectivity index (χ0n) is 23.8. The average molecular weight is 581 g/mol. The molecule has 0 aliphatic carbocycles. The summed E-state index contributed by atoms with van der Waals surface area (Å²) in [5, 5.41) is 70.1. The van der Waals surface area contributed by atoms with Crippen LogP contribution in [0.15, 0.2) is 0 Å². The fourth-order valence-corrected chi connectivity index (χ4v) is 5.18. The molecular formula is C28H52O12. The lowest BCUT2D eigenvalue weighted by Gasteiger charge is -2.46. The Hall–Kier alpha value is -0.930. The Labute approximate surface area is 237 Å². The van der Waals surface area contributed by atoms with Gasteiger partial charge in [0.2, 0.25) is 0 Å². The van der Waals surface area contributed by atoms with Crippen molar-refractivity contribution in [3.05, 3.63) is 0 Å². The smallest absolute Gasteiger partial charge is 0.306 e. The molecule has 0 unspecified atom stereocenters. The highest BCUT2D eigenvalue weighted by Gasteiger charge is 2.51. The van der Waals surface area contributed by atoms with E-state index in [1.807, 2.05) is 0 Å². The molecule has 2 aliphatic rings. The molecule has 2 rings (SSSR count). The van der Waals surface area contributed by atoms with E-state index in [9.17, 15) is 40.5 Å². The van der Waals surface area contributed by atoms with E-state index in [2.05, 4.69) is 6.92 Å². The molecule has 0 bridgehead atoms. The van der Waals surface area contributed by atoms with Gasteiger partial charge in [-0.3, -0.25) is 4.79 Å². The van der Waals surface area contributed by atoms with E-state index in [0.717, 1.165) is 19.3 Å². The number of rotatable bonds is 19. The predicted octanol–water partition coefficient (Wildman–Crippen LogP) is 0.635. The molecule has 0 aromatic heterocycles. The number of hydrogen-bond donors (Lipinski definition) is 7. The second kappa shape index (κ2) is 19.3. The Balaban J connectivity index is 1.78. The zero-order valence-corrected chi connectivity index (χ0v) is 23.8. The molecule has 12 heteroatoms. The summed E-state index contributed by atoms with van der Waals surface area (Å²) >= 11 is 0. The maximum absolute atomic E-state index is 12.6. The van der Waals surface area contributed by atoms with Gasteiger partial charge in [0, 0.05) is 6.42 Å². The van der Waals surface area contributed by atoms with Gasteiger partial charge in [-0.2, -0.15) is 0 Å². The first kappa shape index (κ1) is 35.3. The van der Waals surface area contributed by atoms with E-state index in [1.54, 1.807) is 0 Å². The first-order valence-electron chi connectivity index (χ1n) is 15.0. The number of aliphatic hydroxyl groups excluding tert-OH is 7. The fraction of sp³-hybridized carbons (Fsp3) is 0.964. The van der Waals surface area contributed by atoms with Crippen molar-refractivity contribution in [3.63, 3.8) is 0 Å². The Morgan fingerprint density at radius 1 is 0.625 bits per heavy atom. The predicted molar refractivity (Wildman–Crippen MR) is 143 cm³/mol. The molecule has 0 spiro atoms. The molecule has 7 N–H and O–H groups in total. The van der Waals surface area contributed by atoms with Crippen LogP contribution in [0.1, 0.15) is 96.8 Å². The van der Waals surface area contributed by atoms with Crippen LogP contribution in [0, 0.1) is 0 Å². The van der Waals surface area contributed by atoms with Crippen molar-refractivity contribution in [1.82, 2.24) is 0 Å². The summed E-state index contributed by atoms with van der Waals surface area (Å²) < 4.78 is 21.6. The number of unbranched alkanes of at least 4 members (excludes halogenated alkanes) is 12. The molecule has 2 aliphatic heterocycles. The van der Waals surface area contributed by atoms with Crippen LogP contribution >= 0.6 is 0 Å². The molecule has 2 saturated heterocycles. The molecule has 40 heavy (non-hydrogen) atoms. The van der Waals surface area contributed by atoms with Gasteiger partial charge in [-0.1, -0.05) is 84.0 Å². The topological polar surface area (TPSA) is 196 Å². The Kier molecular flexibility index (Phi) is 17.0. The van der Waals surface area contributed by atoms with Crippen molar-refractivity contribution in [3.8, 4) is 0 Å². The molecular weight excluding hydrogens is 528 g/mol. The SMILES string of the molecule is CCCCCCCCCCCCCCCC(=O)O[C@H]1[C@H](O[C@H]2[C@H](O)[C@@H](O)[C@H](O)O[C@@H]2CO)O[C@H](CO)[C@H](O)[C@@H]1O. The quantitative estimate of drug-likeness (QED) is 0.0833. The normalized spacial score (nSPS) is 34.6. The summed E-state index contributed by atoms with van der Waals surface area (Å²) in [5.41, 5.74) is 0.